The summed E-state index contributed by atoms with van der Waals surface area (Å²) in [6.07, 6.45) is -4.18. The van der Waals surface area contributed by atoms with Crippen molar-refractivity contribution in [1.82, 2.24) is 9.80 Å². The van der Waals surface area contributed by atoms with E-state index in [9.17, 15) is 18.0 Å². The van der Waals surface area contributed by atoms with Gasteiger partial charge in [-0.2, -0.15) is 13.2 Å². The minimum Gasteiger partial charge on any atom is -0.339 e. The van der Waals surface area contributed by atoms with Crippen LogP contribution in [0.4, 0.5) is 13.2 Å². The maximum Gasteiger partial charge on any atom is 0.401 e. The van der Waals surface area contributed by atoms with Crippen molar-refractivity contribution in [3.63, 3.8) is 0 Å². The maximum atomic E-state index is 12.3. The molecule has 1 fully saturated rings. The van der Waals surface area contributed by atoms with Gasteiger partial charge in [0.05, 0.1) is 6.54 Å². The Hall–Kier alpha value is -0.780. The highest BCUT2D eigenvalue weighted by Gasteiger charge is 2.37. The van der Waals surface area contributed by atoms with Gasteiger partial charge in [-0.3, -0.25) is 9.69 Å². The van der Waals surface area contributed by atoms with Crippen molar-refractivity contribution in [2.45, 2.75) is 39.9 Å². The molecular weight excluding hydrogens is 245 g/mol. The summed E-state index contributed by atoms with van der Waals surface area (Å²) >= 11 is 0. The van der Waals surface area contributed by atoms with Crippen molar-refractivity contribution in [2.75, 3.05) is 26.2 Å². The van der Waals surface area contributed by atoms with Gasteiger partial charge in [-0.05, 0) is 6.92 Å². The van der Waals surface area contributed by atoms with Crippen molar-refractivity contribution in [3.05, 3.63) is 0 Å². The number of carbonyl (C=O) groups is 1. The third-order valence-electron chi connectivity index (χ3n) is 3.08. The van der Waals surface area contributed by atoms with Gasteiger partial charge in [0.1, 0.15) is 0 Å². The first kappa shape index (κ1) is 15.3. The molecule has 0 radical (unpaired) electrons. The molecule has 1 aliphatic rings. The zero-order valence-electron chi connectivity index (χ0n) is 11.3. The Balaban J connectivity index is 2.59. The molecule has 0 spiro atoms. The number of hydrogen-bond acceptors (Lipinski definition) is 2. The van der Waals surface area contributed by atoms with Crippen LogP contribution in [0.25, 0.3) is 0 Å². The first-order valence-electron chi connectivity index (χ1n) is 6.11. The number of halogens is 3. The summed E-state index contributed by atoms with van der Waals surface area (Å²) in [5.74, 6) is 0.000934. The van der Waals surface area contributed by atoms with Gasteiger partial charge in [0.25, 0.3) is 0 Å². The van der Waals surface area contributed by atoms with E-state index < -0.39 is 18.1 Å². The number of hydrogen-bond donors (Lipinski definition) is 0. The summed E-state index contributed by atoms with van der Waals surface area (Å²) in [4.78, 5) is 15.1. The lowest BCUT2D eigenvalue weighted by Crippen LogP contribution is -2.57. The molecule has 0 aromatic heterocycles. The van der Waals surface area contributed by atoms with Gasteiger partial charge in [0.2, 0.25) is 5.91 Å². The van der Waals surface area contributed by atoms with Crippen LogP contribution in [-0.2, 0) is 4.79 Å². The van der Waals surface area contributed by atoms with Crippen molar-refractivity contribution >= 4 is 5.91 Å². The maximum absolute atomic E-state index is 12.3. The van der Waals surface area contributed by atoms with Gasteiger partial charge in [-0.25, -0.2) is 0 Å². The van der Waals surface area contributed by atoms with E-state index in [1.54, 1.807) is 11.8 Å². The molecule has 0 aliphatic carbocycles. The van der Waals surface area contributed by atoms with Crippen molar-refractivity contribution < 1.29 is 18.0 Å². The van der Waals surface area contributed by atoms with Crippen LogP contribution in [0.3, 0.4) is 0 Å². The normalized spacial score (nSPS) is 23.3. The number of rotatable bonds is 1. The predicted octanol–water partition coefficient (Wildman–Crippen LogP) is 2.13. The fraction of sp³-hybridized carbons (Fsp3) is 0.917. The highest BCUT2D eigenvalue weighted by atomic mass is 19.4. The molecule has 6 heteroatoms. The molecule has 1 amide bonds. The minimum atomic E-state index is -4.18. The van der Waals surface area contributed by atoms with Crippen LogP contribution in [0.15, 0.2) is 0 Å². The van der Waals surface area contributed by atoms with Crippen LogP contribution >= 0.6 is 0 Å². The van der Waals surface area contributed by atoms with Crippen LogP contribution in [0, 0.1) is 5.41 Å². The molecule has 0 aromatic carbocycles. The molecule has 1 aliphatic heterocycles. The highest BCUT2D eigenvalue weighted by Crippen LogP contribution is 2.23. The van der Waals surface area contributed by atoms with Crippen LogP contribution < -0.4 is 0 Å². The fourth-order valence-corrected chi connectivity index (χ4v) is 2.12. The Morgan fingerprint density at radius 3 is 2.17 bits per heavy atom. The van der Waals surface area contributed by atoms with Crippen molar-refractivity contribution in [1.29, 1.82) is 0 Å². The third kappa shape index (κ3) is 4.15. The number of carbonyl (C=O) groups excluding carboxylic acids is 1. The number of piperazine rings is 1. The van der Waals surface area contributed by atoms with Crippen LogP contribution in [-0.4, -0.2) is 54.1 Å². The highest BCUT2D eigenvalue weighted by molar-refractivity contribution is 5.81. The predicted molar refractivity (Wildman–Crippen MR) is 63.1 cm³/mol. The standard InChI is InChI=1S/C12H21F3N2O/c1-9-7-16(10(18)11(2,3)4)5-6-17(9)8-12(13,14)15/h9H,5-8H2,1-4H3. The first-order valence-corrected chi connectivity index (χ1v) is 6.11. The monoisotopic (exact) mass is 266 g/mol. The summed E-state index contributed by atoms with van der Waals surface area (Å²) in [6, 6.07) is -0.258. The molecule has 1 rings (SSSR count). The summed E-state index contributed by atoms with van der Waals surface area (Å²) < 4.78 is 37.0. The summed E-state index contributed by atoms with van der Waals surface area (Å²) in [5.41, 5.74) is -0.480. The molecule has 0 bridgehead atoms. The van der Waals surface area contributed by atoms with Crippen LogP contribution in [0.5, 0.6) is 0 Å². The lowest BCUT2D eigenvalue weighted by atomic mass is 9.94. The molecule has 0 N–H and O–H groups in total. The molecule has 1 atom stereocenters. The van der Waals surface area contributed by atoms with Crippen LogP contribution in [0.1, 0.15) is 27.7 Å². The smallest absolute Gasteiger partial charge is 0.339 e. The summed E-state index contributed by atoms with van der Waals surface area (Å²) in [7, 11) is 0. The van der Waals surface area contributed by atoms with E-state index in [-0.39, 0.29) is 18.5 Å². The molecule has 106 valence electrons. The molecule has 1 saturated heterocycles. The van der Waals surface area contributed by atoms with Gasteiger partial charge >= 0.3 is 6.18 Å². The van der Waals surface area contributed by atoms with E-state index in [0.29, 0.717) is 13.1 Å². The largest absolute Gasteiger partial charge is 0.401 e. The third-order valence-corrected chi connectivity index (χ3v) is 3.08. The molecular formula is C12H21F3N2O. The number of nitrogens with zero attached hydrogens (tertiary/aromatic N) is 2. The topological polar surface area (TPSA) is 23.6 Å². The Morgan fingerprint density at radius 2 is 1.78 bits per heavy atom. The SMILES string of the molecule is CC1CN(C(=O)C(C)(C)C)CCN1CC(F)(F)F. The Kier molecular flexibility index (Phi) is 4.30. The lowest BCUT2D eigenvalue weighted by Gasteiger charge is -2.42. The van der Waals surface area contributed by atoms with Gasteiger partial charge in [0, 0.05) is 31.1 Å². The average Bonchev–Trinajstić information content (AvgIpc) is 2.16. The molecule has 0 saturated carbocycles. The van der Waals surface area contributed by atoms with Gasteiger partial charge < -0.3 is 4.90 Å². The molecule has 1 heterocycles. The second kappa shape index (κ2) is 5.07. The average molecular weight is 266 g/mol. The molecule has 0 aromatic rings. The van der Waals surface area contributed by atoms with Gasteiger partial charge in [-0.1, -0.05) is 20.8 Å². The van der Waals surface area contributed by atoms with Crippen molar-refractivity contribution in [3.8, 4) is 0 Å². The molecule has 3 nitrogen and oxygen atoms in total. The van der Waals surface area contributed by atoms with E-state index in [0.717, 1.165) is 0 Å². The van der Waals surface area contributed by atoms with Crippen molar-refractivity contribution in [2.24, 2.45) is 5.41 Å². The second-order valence-electron chi connectivity index (χ2n) is 5.94. The Labute approximate surface area is 106 Å². The minimum absolute atomic E-state index is 0.000934. The van der Waals surface area contributed by atoms with E-state index in [4.69, 9.17) is 0 Å². The zero-order valence-corrected chi connectivity index (χ0v) is 11.3. The Bertz CT molecular complexity index is 309. The number of alkyl halides is 3. The molecule has 18 heavy (non-hydrogen) atoms. The number of amides is 1. The summed E-state index contributed by atoms with van der Waals surface area (Å²) in [6.45, 7) is 7.32. The first-order chi connectivity index (χ1) is 8.00. The quantitative estimate of drug-likeness (QED) is 0.726. The van der Waals surface area contributed by atoms with E-state index in [1.807, 2.05) is 20.8 Å². The zero-order chi connectivity index (χ0) is 14.1. The van der Waals surface area contributed by atoms with Gasteiger partial charge in [-0.15, -0.1) is 0 Å². The fourth-order valence-electron chi connectivity index (χ4n) is 2.12. The summed E-state index contributed by atoms with van der Waals surface area (Å²) in [5, 5.41) is 0. The van der Waals surface area contributed by atoms with E-state index >= 15 is 0 Å². The van der Waals surface area contributed by atoms with E-state index in [1.165, 1.54) is 4.90 Å². The second-order valence-corrected chi connectivity index (χ2v) is 5.94. The lowest BCUT2D eigenvalue weighted by molar-refractivity contribution is -0.159. The Morgan fingerprint density at radius 1 is 1.22 bits per heavy atom. The van der Waals surface area contributed by atoms with Gasteiger partial charge in [0.15, 0.2) is 0 Å². The molecule has 1 unspecified atom stereocenters. The van der Waals surface area contributed by atoms with Crippen LogP contribution in [0.2, 0.25) is 0 Å². The van der Waals surface area contributed by atoms with E-state index in [2.05, 4.69) is 0 Å².